The second-order valence-electron chi connectivity index (χ2n) is 11.5. The van der Waals surface area contributed by atoms with Crippen LogP contribution in [0.2, 0.25) is 5.02 Å². The topological polar surface area (TPSA) is 105 Å². The largest absolute Gasteiger partial charge is 0.383 e. The maximum absolute atomic E-state index is 13.5. The number of piperazine rings is 1. The van der Waals surface area contributed by atoms with Gasteiger partial charge in [0.2, 0.25) is 5.91 Å². The number of Topliss-reactive ketones (excluding diaryl/α,β-unsaturated/α-hetero) is 1. The molecule has 1 N–H and O–H groups in total. The minimum absolute atomic E-state index is 0.0285. The van der Waals surface area contributed by atoms with Crippen LogP contribution in [0.25, 0.3) is 10.9 Å². The van der Waals surface area contributed by atoms with Crippen molar-refractivity contribution < 1.29 is 19.1 Å². The number of hydrazine groups is 1. The molecule has 2 saturated heterocycles. The van der Waals surface area contributed by atoms with Gasteiger partial charge in [-0.25, -0.2) is 5.01 Å². The van der Waals surface area contributed by atoms with Crippen molar-refractivity contribution in [1.82, 2.24) is 34.6 Å². The molecule has 0 unspecified atom stereocenters. The van der Waals surface area contributed by atoms with Crippen LogP contribution >= 0.6 is 11.6 Å². The molecule has 0 radical (unpaired) electrons. The fourth-order valence-electron chi connectivity index (χ4n) is 6.12. The minimum atomic E-state index is -0.230. The van der Waals surface area contributed by atoms with E-state index in [1.54, 1.807) is 31.6 Å². The summed E-state index contributed by atoms with van der Waals surface area (Å²) in [5, 5.41) is 7.71. The van der Waals surface area contributed by atoms with Gasteiger partial charge in [-0.1, -0.05) is 18.5 Å². The molecule has 0 bridgehead atoms. The number of amides is 2. The lowest BCUT2D eigenvalue weighted by Crippen LogP contribution is -2.50. The van der Waals surface area contributed by atoms with Crippen LogP contribution in [0.5, 0.6) is 0 Å². The number of nitrogens with one attached hydrogen (secondary N) is 1. The van der Waals surface area contributed by atoms with E-state index in [1.165, 1.54) is 0 Å². The molecular weight excluding hydrogens is 570 g/mol. The van der Waals surface area contributed by atoms with Gasteiger partial charge in [0.15, 0.2) is 5.78 Å². The van der Waals surface area contributed by atoms with Crippen LogP contribution in [0.4, 0.5) is 0 Å². The molecule has 43 heavy (non-hydrogen) atoms. The Labute approximate surface area is 257 Å². The number of carbonyl (C=O) groups is 3. The SMILES string of the molecule is CCCC(=O)c1cnn(C2CCN(NC(=O)c3cn(CC(=O)N4CCN(CCOC)CC4)c4ccc(Cl)cc34)CC2)c1C. The highest BCUT2D eigenvalue weighted by Crippen LogP contribution is 2.27. The molecule has 0 aliphatic carbocycles. The van der Waals surface area contributed by atoms with Gasteiger partial charge in [0, 0.05) is 87.2 Å². The highest BCUT2D eigenvalue weighted by Gasteiger charge is 2.27. The molecule has 12 heteroatoms. The molecule has 11 nitrogen and oxygen atoms in total. The smallest absolute Gasteiger partial charge is 0.267 e. The summed E-state index contributed by atoms with van der Waals surface area (Å²) in [4.78, 5) is 43.4. The summed E-state index contributed by atoms with van der Waals surface area (Å²) in [5.41, 5.74) is 5.96. The Morgan fingerprint density at radius 3 is 2.51 bits per heavy atom. The number of methoxy groups -OCH3 is 1. The molecule has 1 aromatic carbocycles. The third kappa shape index (κ3) is 7.12. The minimum Gasteiger partial charge on any atom is -0.383 e. The normalized spacial score (nSPS) is 17.1. The summed E-state index contributed by atoms with van der Waals surface area (Å²) in [6, 6.07) is 5.60. The number of carbonyl (C=O) groups excluding carboxylic acids is 3. The van der Waals surface area contributed by atoms with Crippen molar-refractivity contribution in [3.05, 3.63) is 52.4 Å². The van der Waals surface area contributed by atoms with Crippen molar-refractivity contribution in [2.45, 2.75) is 52.1 Å². The van der Waals surface area contributed by atoms with Gasteiger partial charge < -0.3 is 14.2 Å². The van der Waals surface area contributed by atoms with E-state index in [0.717, 1.165) is 50.1 Å². The van der Waals surface area contributed by atoms with Gasteiger partial charge in [-0.05, 0) is 44.4 Å². The lowest BCUT2D eigenvalue weighted by molar-refractivity contribution is -0.133. The fraction of sp³-hybridized carbons (Fsp3) is 0.548. The highest BCUT2D eigenvalue weighted by molar-refractivity contribution is 6.31. The van der Waals surface area contributed by atoms with Gasteiger partial charge in [-0.15, -0.1) is 0 Å². The molecule has 3 aromatic rings. The summed E-state index contributed by atoms with van der Waals surface area (Å²) >= 11 is 6.33. The number of ether oxygens (including phenoxy) is 1. The Morgan fingerprint density at radius 2 is 1.81 bits per heavy atom. The zero-order valence-electron chi connectivity index (χ0n) is 25.4. The van der Waals surface area contributed by atoms with Crippen molar-refractivity contribution in [2.75, 3.05) is 59.5 Å². The van der Waals surface area contributed by atoms with E-state index in [9.17, 15) is 14.4 Å². The van der Waals surface area contributed by atoms with Gasteiger partial charge in [-0.2, -0.15) is 5.10 Å². The number of hydrogen-bond acceptors (Lipinski definition) is 7. The Bertz CT molecular complexity index is 1450. The molecule has 2 fully saturated rings. The molecular formula is C31H42ClN7O4. The number of piperidine rings is 1. The average molecular weight is 612 g/mol. The molecule has 0 saturated carbocycles. The third-order valence-electron chi connectivity index (χ3n) is 8.62. The van der Waals surface area contributed by atoms with Crippen molar-refractivity contribution in [2.24, 2.45) is 0 Å². The van der Waals surface area contributed by atoms with Gasteiger partial charge in [-0.3, -0.25) is 29.4 Å². The summed E-state index contributed by atoms with van der Waals surface area (Å²) in [5.74, 6) is -0.0652. The Kier molecular flexibility index (Phi) is 10.2. The number of halogens is 1. The fourth-order valence-corrected chi connectivity index (χ4v) is 6.29. The van der Waals surface area contributed by atoms with Crippen LogP contribution in [0, 0.1) is 6.92 Å². The van der Waals surface area contributed by atoms with Crippen LogP contribution in [-0.2, 0) is 16.1 Å². The first-order chi connectivity index (χ1) is 20.8. The maximum atomic E-state index is 13.5. The molecule has 232 valence electrons. The lowest BCUT2D eigenvalue weighted by atomic mass is 10.0. The number of hydrogen-bond donors (Lipinski definition) is 1. The van der Waals surface area contributed by atoms with Gasteiger partial charge in [0.25, 0.3) is 5.91 Å². The molecule has 2 aliphatic heterocycles. The number of ketones is 1. The number of rotatable bonds is 11. The van der Waals surface area contributed by atoms with E-state index >= 15 is 0 Å². The zero-order valence-corrected chi connectivity index (χ0v) is 26.1. The number of aromatic nitrogens is 3. The summed E-state index contributed by atoms with van der Waals surface area (Å²) in [6.45, 7) is 9.95. The van der Waals surface area contributed by atoms with Gasteiger partial charge in [0.05, 0.1) is 30.0 Å². The first kappa shape index (κ1) is 31.2. The molecule has 4 heterocycles. The van der Waals surface area contributed by atoms with Crippen molar-refractivity contribution in [3.63, 3.8) is 0 Å². The highest BCUT2D eigenvalue weighted by atomic mass is 35.5. The maximum Gasteiger partial charge on any atom is 0.267 e. The summed E-state index contributed by atoms with van der Waals surface area (Å²) < 4.78 is 8.99. The first-order valence-corrected chi connectivity index (χ1v) is 15.6. The van der Waals surface area contributed by atoms with E-state index in [2.05, 4.69) is 15.4 Å². The molecule has 2 aliphatic rings. The van der Waals surface area contributed by atoms with Crippen LogP contribution in [0.1, 0.15) is 65.1 Å². The standard InChI is InChI=1S/C31H42ClN7O4/c1-4-5-29(40)26-19-33-39(22(26)2)24-8-10-38(11-9-24)34-31(42)27-20-37(28-7-6-23(32)18-25(27)28)21-30(41)36-14-12-35(13-15-36)16-17-43-3/h6-7,18-20,24H,4-5,8-17,21H2,1-3H3,(H,34,42). The van der Waals surface area contributed by atoms with Gasteiger partial charge in [0.1, 0.15) is 6.54 Å². The van der Waals surface area contributed by atoms with Crippen molar-refractivity contribution in [3.8, 4) is 0 Å². The second-order valence-corrected chi connectivity index (χ2v) is 11.9. The van der Waals surface area contributed by atoms with Crippen molar-refractivity contribution >= 4 is 40.1 Å². The van der Waals surface area contributed by atoms with E-state index < -0.39 is 0 Å². The number of fused-ring (bicyclic) bond motifs is 1. The van der Waals surface area contributed by atoms with E-state index in [4.69, 9.17) is 16.3 Å². The molecule has 0 spiro atoms. The molecule has 5 rings (SSSR count). The quantitative estimate of drug-likeness (QED) is 0.331. The van der Waals surface area contributed by atoms with E-state index in [-0.39, 0.29) is 30.2 Å². The van der Waals surface area contributed by atoms with E-state index in [0.29, 0.717) is 60.7 Å². The first-order valence-electron chi connectivity index (χ1n) is 15.2. The predicted octanol–water partition coefficient (Wildman–Crippen LogP) is 3.55. The van der Waals surface area contributed by atoms with Crippen molar-refractivity contribution in [1.29, 1.82) is 0 Å². The summed E-state index contributed by atoms with van der Waals surface area (Å²) in [7, 11) is 1.70. The molecule has 2 aromatic heterocycles. The predicted molar refractivity (Wildman–Crippen MR) is 165 cm³/mol. The van der Waals surface area contributed by atoms with Crippen LogP contribution in [0.3, 0.4) is 0 Å². The Hall–Kier alpha value is -3.25. The molecule has 0 atom stereocenters. The molecule has 2 amide bonds. The zero-order chi connectivity index (χ0) is 30.5. The van der Waals surface area contributed by atoms with Crippen LogP contribution in [-0.4, -0.2) is 106 Å². The van der Waals surface area contributed by atoms with Gasteiger partial charge >= 0.3 is 0 Å². The lowest BCUT2D eigenvalue weighted by Gasteiger charge is -2.34. The Balaban J connectivity index is 1.22. The van der Waals surface area contributed by atoms with E-state index in [1.807, 2.05) is 39.1 Å². The summed E-state index contributed by atoms with van der Waals surface area (Å²) in [6.07, 6.45) is 6.39. The second kappa shape index (κ2) is 14.0. The monoisotopic (exact) mass is 611 g/mol. The number of benzene rings is 1. The average Bonchev–Trinajstić information content (AvgIpc) is 3.56. The number of nitrogens with zero attached hydrogens (tertiary/aromatic N) is 6. The van der Waals surface area contributed by atoms with Crippen LogP contribution < -0.4 is 5.43 Å². The third-order valence-corrected chi connectivity index (χ3v) is 8.86. The van der Waals surface area contributed by atoms with Crippen LogP contribution in [0.15, 0.2) is 30.6 Å². The Morgan fingerprint density at radius 1 is 1.07 bits per heavy atom.